The molecule has 130 valence electrons. The van der Waals surface area contributed by atoms with Crippen molar-refractivity contribution in [2.75, 3.05) is 0 Å². The zero-order chi connectivity index (χ0) is 16.2. The van der Waals surface area contributed by atoms with Gasteiger partial charge in [-0.05, 0) is 91.8 Å². The molecular weight excluding hydrogens is 282 g/mol. The Kier molecular flexibility index (Phi) is 3.81. The summed E-state index contributed by atoms with van der Waals surface area (Å²) in [6.45, 7) is 7.63. The second-order valence-electron chi connectivity index (χ2n) is 10.0. The van der Waals surface area contributed by atoms with E-state index in [9.17, 15) is 0 Å². The van der Waals surface area contributed by atoms with Crippen molar-refractivity contribution in [3.8, 4) is 0 Å². The van der Waals surface area contributed by atoms with E-state index in [2.05, 4.69) is 25.9 Å². The molecule has 4 aliphatic carbocycles. The first-order valence-electron chi connectivity index (χ1n) is 10.2. The maximum absolute atomic E-state index is 9.05. The van der Waals surface area contributed by atoms with Crippen LogP contribution in [0.1, 0.15) is 78.6 Å². The van der Waals surface area contributed by atoms with E-state index in [0.29, 0.717) is 16.7 Å². The first-order valence-corrected chi connectivity index (χ1v) is 10.2. The molecule has 4 saturated carbocycles. The summed E-state index contributed by atoms with van der Waals surface area (Å²) in [5.41, 5.74) is 1.03. The average molecular weight is 318 g/mol. The maximum Gasteiger partial charge on any atom is 0.0472 e. The van der Waals surface area contributed by atoms with Crippen LogP contribution in [0.5, 0.6) is 0 Å². The molecule has 2 heteroatoms. The van der Waals surface area contributed by atoms with Gasteiger partial charge in [0.15, 0.2) is 0 Å². The summed E-state index contributed by atoms with van der Waals surface area (Å²) >= 11 is 0. The van der Waals surface area contributed by atoms with Crippen molar-refractivity contribution in [3.63, 3.8) is 0 Å². The topological polar surface area (TPSA) is 32.6 Å². The van der Waals surface area contributed by atoms with Crippen LogP contribution in [0.2, 0.25) is 0 Å². The summed E-state index contributed by atoms with van der Waals surface area (Å²) in [5, 5.41) is 12.5. The highest BCUT2D eigenvalue weighted by molar-refractivity contribution is 5.62. The molecule has 2 nitrogen and oxygen atoms in total. The van der Waals surface area contributed by atoms with E-state index in [1.165, 1.54) is 57.8 Å². The summed E-state index contributed by atoms with van der Waals surface area (Å²) in [5.74, 6) is 5.25. The Morgan fingerprint density at radius 1 is 0.913 bits per heavy atom. The third kappa shape index (κ3) is 2.23. The molecule has 1 N–H and O–H groups in total. The minimum absolute atomic E-state index is 0.401. The molecule has 0 aromatic carbocycles. The van der Waals surface area contributed by atoms with Crippen LogP contribution in [-0.4, -0.2) is 11.4 Å². The van der Waals surface area contributed by atoms with Crippen molar-refractivity contribution >= 4 is 6.21 Å². The highest BCUT2D eigenvalue weighted by Gasteiger charge is 2.59. The van der Waals surface area contributed by atoms with Crippen LogP contribution in [0.3, 0.4) is 0 Å². The van der Waals surface area contributed by atoms with Crippen LogP contribution in [-0.2, 0) is 0 Å². The van der Waals surface area contributed by atoms with Gasteiger partial charge in [0.05, 0.1) is 0 Å². The molecule has 23 heavy (non-hydrogen) atoms. The van der Waals surface area contributed by atoms with Crippen LogP contribution in [0.4, 0.5) is 0 Å². The Balaban J connectivity index is 1.60. The number of fused-ring (bicyclic) bond motifs is 5. The molecule has 0 heterocycles. The van der Waals surface area contributed by atoms with Crippen LogP contribution < -0.4 is 0 Å². The van der Waals surface area contributed by atoms with E-state index in [1.807, 2.05) is 6.21 Å². The lowest BCUT2D eigenvalue weighted by Crippen LogP contribution is -2.53. The predicted molar refractivity (Wildman–Crippen MR) is 94.7 cm³/mol. The lowest BCUT2D eigenvalue weighted by molar-refractivity contribution is -0.113. The van der Waals surface area contributed by atoms with Crippen LogP contribution in [0, 0.1) is 46.3 Å². The van der Waals surface area contributed by atoms with Crippen molar-refractivity contribution in [1.29, 1.82) is 0 Å². The molecule has 0 radical (unpaired) electrons. The zero-order valence-corrected chi connectivity index (χ0v) is 15.3. The van der Waals surface area contributed by atoms with E-state index in [0.717, 1.165) is 29.6 Å². The van der Waals surface area contributed by atoms with E-state index in [4.69, 9.17) is 5.21 Å². The summed E-state index contributed by atoms with van der Waals surface area (Å²) in [4.78, 5) is 0. The number of nitrogens with zero attached hydrogens (tertiary/aromatic N) is 1. The molecule has 4 rings (SSSR count). The molecule has 0 aliphatic heterocycles. The van der Waals surface area contributed by atoms with Gasteiger partial charge < -0.3 is 5.21 Å². The lowest BCUT2D eigenvalue weighted by Gasteiger charge is -2.61. The molecule has 0 spiro atoms. The Labute approximate surface area is 142 Å². The summed E-state index contributed by atoms with van der Waals surface area (Å²) in [6.07, 6.45) is 14.6. The van der Waals surface area contributed by atoms with Gasteiger partial charge in [-0.3, -0.25) is 0 Å². The molecule has 0 saturated heterocycles. The second-order valence-corrected chi connectivity index (χ2v) is 10.0. The Bertz CT molecular complexity index is 488. The highest BCUT2D eigenvalue weighted by atomic mass is 16.4. The smallest absolute Gasteiger partial charge is 0.0472 e. The van der Waals surface area contributed by atoms with Crippen LogP contribution in [0.15, 0.2) is 5.16 Å². The van der Waals surface area contributed by atoms with Crippen LogP contribution >= 0.6 is 0 Å². The summed E-state index contributed by atoms with van der Waals surface area (Å²) in [6, 6.07) is 0. The van der Waals surface area contributed by atoms with Crippen LogP contribution in [0.25, 0.3) is 0 Å². The first kappa shape index (κ1) is 16.0. The Hall–Kier alpha value is -0.530. The number of hydrogen-bond acceptors (Lipinski definition) is 2. The van der Waals surface area contributed by atoms with Crippen molar-refractivity contribution < 1.29 is 5.21 Å². The van der Waals surface area contributed by atoms with Crippen molar-refractivity contribution in [2.45, 2.75) is 78.6 Å². The van der Waals surface area contributed by atoms with Gasteiger partial charge in [0.2, 0.25) is 0 Å². The largest absolute Gasteiger partial charge is 0.411 e. The second kappa shape index (κ2) is 5.49. The number of rotatable bonds is 1. The normalized spacial score (nSPS) is 56.1. The van der Waals surface area contributed by atoms with Gasteiger partial charge in [0, 0.05) is 12.1 Å². The summed E-state index contributed by atoms with van der Waals surface area (Å²) < 4.78 is 0. The molecule has 4 fully saturated rings. The third-order valence-electron chi connectivity index (χ3n) is 9.25. The van der Waals surface area contributed by atoms with Crippen molar-refractivity contribution in [2.24, 2.45) is 51.5 Å². The van der Waals surface area contributed by atoms with Gasteiger partial charge in [-0.15, -0.1) is 5.16 Å². The van der Waals surface area contributed by atoms with E-state index >= 15 is 0 Å². The van der Waals surface area contributed by atoms with E-state index in [-0.39, 0.29) is 0 Å². The number of hydrogen-bond donors (Lipinski definition) is 1. The monoisotopic (exact) mass is 317 g/mol. The maximum atomic E-state index is 9.05. The van der Waals surface area contributed by atoms with Gasteiger partial charge in [0.25, 0.3) is 0 Å². The SMILES string of the molecule is C[C@H]1CC[C@@]2(C)C(CCC3C2CC[C@@]2(C)C3CC[C@@H]2/C=N/O)C1. The fourth-order valence-corrected chi connectivity index (χ4v) is 7.84. The predicted octanol–water partition coefficient (Wildman–Crippen LogP) is 5.74. The molecule has 0 amide bonds. The van der Waals surface area contributed by atoms with Gasteiger partial charge in [0.1, 0.15) is 0 Å². The molecule has 0 aromatic rings. The van der Waals surface area contributed by atoms with E-state index in [1.54, 1.807) is 0 Å². The van der Waals surface area contributed by atoms with Gasteiger partial charge in [-0.2, -0.15) is 0 Å². The highest BCUT2D eigenvalue weighted by Crippen LogP contribution is 2.67. The summed E-state index contributed by atoms with van der Waals surface area (Å²) in [7, 11) is 0. The standard InChI is InChI=1S/C21H35NO/c1-14-8-10-20(2)15(12-14)4-6-17-18-7-5-16(13-22-23)21(18,3)11-9-19(17)20/h13-19,23H,4-12H2,1-3H3/b22-13+/t14-,15?,16+,17?,18?,19?,20-,21+/m0/s1. The minimum atomic E-state index is 0.401. The quantitative estimate of drug-likeness (QED) is 0.373. The Morgan fingerprint density at radius 3 is 2.43 bits per heavy atom. The fourth-order valence-electron chi connectivity index (χ4n) is 7.84. The third-order valence-corrected chi connectivity index (χ3v) is 9.25. The van der Waals surface area contributed by atoms with E-state index < -0.39 is 0 Å². The molecule has 0 aromatic heterocycles. The number of oxime groups is 1. The van der Waals surface area contributed by atoms with Gasteiger partial charge >= 0.3 is 0 Å². The lowest BCUT2D eigenvalue weighted by atomic mass is 9.44. The molecule has 4 unspecified atom stereocenters. The zero-order valence-electron chi connectivity index (χ0n) is 15.3. The molecule has 8 atom stereocenters. The van der Waals surface area contributed by atoms with Crippen molar-refractivity contribution in [1.82, 2.24) is 0 Å². The van der Waals surface area contributed by atoms with Crippen molar-refractivity contribution in [3.05, 3.63) is 0 Å². The Morgan fingerprint density at radius 2 is 1.65 bits per heavy atom. The molecule has 4 aliphatic rings. The average Bonchev–Trinajstić information content (AvgIpc) is 2.85. The molecule has 0 bridgehead atoms. The molecular formula is C21H35NO. The van der Waals surface area contributed by atoms with Gasteiger partial charge in [-0.1, -0.05) is 27.2 Å². The van der Waals surface area contributed by atoms with Gasteiger partial charge in [-0.25, -0.2) is 0 Å². The minimum Gasteiger partial charge on any atom is -0.411 e. The fraction of sp³-hybridized carbons (Fsp3) is 0.952. The first-order chi connectivity index (χ1) is 11.0.